The lowest BCUT2D eigenvalue weighted by Crippen LogP contribution is -2.29. The Bertz CT molecular complexity index is 344. The molecule has 0 aliphatic heterocycles. The minimum atomic E-state index is -1.20. The summed E-state index contributed by atoms with van der Waals surface area (Å²) in [6.07, 6.45) is 0. The highest BCUT2D eigenvalue weighted by Crippen LogP contribution is 2.13. The van der Waals surface area contributed by atoms with Crippen molar-refractivity contribution in [3.63, 3.8) is 0 Å². The van der Waals surface area contributed by atoms with Crippen molar-refractivity contribution in [2.24, 2.45) is 0 Å². The van der Waals surface area contributed by atoms with Crippen LogP contribution < -0.4 is 5.32 Å². The third-order valence-corrected chi connectivity index (χ3v) is 2.00. The Labute approximate surface area is 85.7 Å². The fourth-order valence-electron chi connectivity index (χ4n) is 1.05. The maximum absolute atomic E-state index is 13.1. The van der Waals surface area contributed by atoms with Crippen molar-refractivity contribution in [2.75, 3.05) is 6.61 Å². The fraction of sp³-hybridized carbons (Fsp3) is 0.400. The predicted molar refractivity (Wildman–Crippen MR) is 49.7 cm³/mol. The van der Waals surface area contributed by atoms with Gasteiger partial charge in [-0.25, -0.2) is 13.2 Å². The number of rotatable bonds is 4. The molecule has 84 valence electrons. The van der Waals surface area contributed by atoms with Crippen LogP contribution in [0.5, 0.6) is 0 Å². The maximum atomic E-state index is 13.1. The standard InChI is InChI=1S/C10H12F3NO/c1-6(5-15)14-4-7-2-9(12)10(13)3-8(7)11/h2-3,6,14-15H,4-5H2,1H3/t6-/m0/s1. The molecule has 2 nitrogen and oxygen atoms in total. The first kappa shape index (κ1) is 12.0. The van der Waals surface area contributed by atoms with Crippen LogP contribution in [-0.4, -0.2) is 17.8 Å². The topological polar surface area (TPSA) is 32.3 Å². The monoisotopic (exact) mass is 219 g/mol. The molecule has 0 aliphatic rings. The van der Waals surface area contributed by atoms with E-state index >= 15 is 0 Å². The molecule has 0 heterocycles. The van der Waals surface area contributed by atoms with E-state index in [4.69, 9.17) is 5.11 Å². The van der Waals surface area contributed by atoms with Gasteiger partial charge in [0.05, 0.1) is 6.61 Å². The van der Waals surface area contributed by atoms with E-state index < -0.39 is 17.5 Å². The van der Waals surface area contributed by atoms with Gasteiger partial charge in [-0.15, -0.1) is 0 Å². The van der Waals surface area contributed by atoms with Crippen LogP contribution in [-0.2, 0) is 6.54 Å². The summed E-state index contributed by atoms with van der Waals surface area (Å²) in [6, 6.07) is 1.09. The first-order valence-electron chi connectivity index (χ1n) is 4.52. The number of halogens is 3. The van der Waals surface area contributed by atoms with Crippen LogP contribution in [0.2, 0.25) is 0 Å². The second-order valence-corrected chi connectivity index (χ2v) is 3.32. The van der Waals surface area contributed by atoms with Crippen LogP contribution in [0.25, 0.3) is 0 Å². The number of aliphatic hydroxyl groups excluding tert-OH is 1. The molecule has 0 radical (unpaired) electrons. The van der Waals surface area contributed by atoms with Crippen molar-refractivity contribution in [1.82, 2.24) is 5.32 Å². The van der Waals surface area contributed by atoms with Gasteiger partial charge in [0.2, 0.25) is 0 Å². The normalized spacial score (nSPS) is 12.9. The quantitative estimate of drug-likeness (QED) is 0.753. The second kappa shape index (κ2) is 5.14. The molecule has 1 aromatic rings. The summed E-state index contributed by atoms with van der Waals surface area (Å²) in [7, 11) is 0. The molecule has 2 N–H and O–H groups in total. The summed E-state index contributed by atoms with van der Waals surface area (Å²) in [5.74, 6) is -3.08. The molecule has 0 saturated carbocycles. The minimum absolute atomic E-state index is 0.0363. The van der Waals surface area contributed by atoms with Gasteiger partial charge in [-0.2, -0.15) is 0 Å². The number of nitrogens with one attached hydrogen (secondary N) is 1. The fourth-order valence-corrected chi connectivity index (χ4v) is 1.05. The molecule has 0 fully saturated rings. The van der Waals surface area contributed by atoms with Gasteiger partial charge in [-0.05, 0) is 13.0 Å². The molecule has 0 bridgehead atoms. The van der Waals surface area contributed by atoms with E-state index in [1.807, 2.05) is 0 Å². The number of hydrogen-bond acceptors (Lipinski definition) is 2. The van der Waals surface area contributed by atoms with E-state index in [2.05, 4.69) is 5.32 Å². The molecular formula is C10H12F3NO. The van der Waals surface area contributed by atoms with Crippen LogP contribution in [0.1, 0.15) is 12.5 Å². The third kappa shape index (κ3) is 3.21. The molecule has 5 heteroatoms. The van der Waals surface area contributed by atoms with Gasteiger partial charge in [0.25, 0.3) is 0 Å². The predicted octanol–water partition coefficient (Wildman–Crippen LogP) is 1.57. The van der Waals surface area contributed by atoms with Crippen molar-refractivity contribution < 1.29 is 18.3 Å². The molecule has 1 atom stereocenters. The van der Waals surface area contributed by atoms with Crippen molar-refractivity contribution in [3.8, 4) is 0 Å². The van der Waals surface area contributed by atoms with Crippen LogP contribution in [0.15, 0.2) is 12.1 Å². The summed E-state index contributed by atoms with van der Waals surface area (Å²) < 4.78 is 38.4. The average Bonchev–Trinajstić information content (AvgIpc) is 2.21. The Hall–Kier alpha value is -1.07. The maximum Gasteiger partial charge on any atom is 0.161 e. The highest BCUT2D eigenvalue weighted by molar-refractivity contribution is 5.19. The first-order chi connectivity index (χ1) is 7.04. The van der Waals surface area contributed by atoms with E-state index in [0.29, 0.717) is 6.07 Å². The molecule has 0 aromatic heterocycles. The van der Waals surface area contributed by atoms with Crippen molar-refractivity contribution in [3.05, 3.63) is 35.1 Å². The first-order valence-corrected chi connectivity index (χ1v) is 4.52. The summed E-state index contributed by atoms with van der Waals surface area (Å²) in [4.78, 5) is 0. The van der Waals surface area contributed by atoms with Gasteiger partial charge in [0.1, 0.15) is 5.82 Å². The highest BCUT2D eigenvalue weighted by Gasteiger charge is 2.10. The number of benzene rings is 1. The molecule has 0 amide bonds. The van der Waals surface area contributed by atoms with Crippen molar-refractivity contribution in [2.45, 2.75) is 19.5 Å². The van der Waals surface area contributed by atoms with E-state index in [9.17, 15) is 13.2 Å². The Morgan fingerprint density at radius 3 is 2.40 bits per heavy atom. The Kier molecular flexibility index (Phi) is 4.11. The molecule has 0 saturated heterocycles. The van der Waals surface area contributed by atoms with Gasteiger partial charge < -0.3 is 10.4 Å². The van der Waals surface area contributed by atoms with E-state index in [0.717, 1.165) is 6.07 Å². The zero-order valence-electron chi connectivity index (χ0n) is 8.23. The number of hydrogen-bond donors (Lipinski definition) is 2. The van der Waals surface area contributed by atoms with Gasteiger partial charge in [0.15, 0.2) is 11.6 Å². The molecule has 0 spiro atoms. The van der Waals surface area contributed by atoms with Gasteiger partial charge in [-0.3, -0.25) is 0 Å². The molecule has 0 aliphatic carbocycles. The van der Waals surface area contributed by atoms with Crippen LogP contribution in [0.4, 0.5) is 13.2 Å². The Balaban J connectivity index is 2.73. The second-order valence-electron chi connectivity index (χ2n) is 3.32. The Morgan fingerprint density at radius 1 is 1.20 bits per heavy atom. The lowest BCUT2D eigenvalue weighted by atomic mass is 10.2. The smallest absolute Gasteiger partial charge is 0.161 e. The Morgan fingerprint density at radius 2 is 1.80 bits per heavy atom. The lowest BCUT2D eigenvalue weighted by Gasteiger charge is -2.11. The zero-order valence-corrected chi connectivity index (χ0v) is 8.23. The van der Waals surface area contributed by atoms with Crippen molar-refractivity contribution >= 4 is 0 Å². The van der Waals surface area contributed by atoms with Gasteiger partial charge in [-0.1, -0.05) is 0 Å². The SMILES string of the molecule is C[C@@H](CO)NCc1cc(F)c(F)cc1F. The highest BCUT2D eigenvalue weighted by atomic mass is 19.2. The molecule has 1 aromatic carbocycles. The summed E-state index contributed by atoms with van der Waals surface area (Å²) in [6.45, 7) is 1.63. The zero-order chi connectivity index (χ0) is 11.4. The van der Waals surface area contributed by atoms with Crippen molar-refractivity contribution in [1.29, 1.82) is 0 Å². The van der Waals surface area contributed by atoms with Gasteiger partial charge >= 0.3 is 0 Å². The lowest BCUT2D eigenvalue weighted by molar-refractivity contribution is 0.250. The van der Waals surface area contributed by atoms with E-state index in [1.54, 1.807) is 6.92 Å². The van der Waals surface area contributed by atoms with Crippen LogP contribution in [0, 0.1) is 17.5 Å². The summed E-state index contributed by atoms with van der Waals surface area (Å²) in [5, 5.41) is 11.4. The largest absolute Gasteiger partial charge is 0.395 e. The summed E-state index contributed by atoms with van der Waals surface area (Å²) >= 11 is 0. The molecule has 1 rings (SSSR count). The van der Waals surface area contributed by atoms with E-state index in [-0.39, 0.29) is 24.8 Å². The van der Waals surface area contributed by atoms with Crippen LogP contribution >= 0.6 is 0 Å². The molecular weight excluding hydrogens is 207 g/mol. The summed E-state index contributed by atoms with van der Waals surface area (Å²) in [5.41, 5.74) is 0.0363. The number of aliphatic hydroxyl groups is 1. The molecule has 15 heavy (non-hydrogen) atoms. The minimum Gasteiger partial charge on any atom is -0.395 e. The van der Waals surface area contributed by atoms with Crippen LogP contribution in [0.3, 0.4) is 0 Å². The average molecular weight is 219 g/mol. The third-order valence-electron chi connectivity index (χ3n) is 2.00. The van der Waals surface area contributed by atoms with E-state index in [1.165, 1.54) is 0 Å². The molecule has 0 unspecified atom stereocenters. The van der Waals surface area contributed by atoms with Gasteiger partial charge in [0, 0.05) is 24.2 Å².